The molecule has 0 amide bonds. The van der Waals surface area contributed by atoms with E-state index in [9.17, 15) is 13.2 Å². The number of ether oxygens (including phenoxy) is 1. The Morgan fingerprint density at radius 2 is 2.00 bits per heavy atom. The van der Waals surface area contributed by atoms with E-state index in [1.54, 1.807) is 0 Å². The lowest BCUT2D eigenvalue weighted by Crippen LogP contribution is -2.17. The highest BCUT2D eigenvalue weighted by Crippen LogP contribution is 2.25. The van der Waals surface area contributed by atoms with Crippen LogP contribution >= 0.6 is 0 Å². The van der Waals surface area contributed by atoms with Crippen LogP contribution in [0.5, 0.6) is 5.75 Å². The Bertz CT molecular complexity index is 432. The van der Waals surface area contributed by atoms with Crippen molar-refractivity contribution in [2.45, 2.75) is 6.36 Å². The van der Waals surface area contributed by atoms with Gasteiger partial charge in [0, 0.05) is 5.69 Å². The van der Waals surface area contributed by atoms with Crippen LogP contribution in [-0.4, -0.2) is 12.9 Å². The van der Waals surface area contributed by atoms with Crippen LogP contribution in [0.1, 0.15) is 5.56 Å². The Kier molecular flexibility index (Phi) is 3.64. The molecule has 16 heavy (non-hydrogen) atoms. The fourth-order valence-electron chi connectivity index (χ4n) is 0.987. The second-order valence-corrected chi connectivity index (χ2v) is 2.80. The van der Waals surface area contributed by atoms with Gasteiger partial charge in [-0.2, -0.15) is 0 Å². The Hall–Kier alpha value is -1.87. The molecule has 0 unspecified atom stereocenters. The molecule has 0 atom stereocenters. The van der Waals surface area contributed by atoms with Crippen molar-refractivity contribution in [3.63, 3.8) is 0 Å². The summed E-state index contributed by atoms with van der Waals surface area (Å²) in [5.74, 6) is 4.69. The molecule has 0 radical (unpaired) electrons. The fraction of sp³-hybridized carbons (Fsp3) is 0.200. The van der Waals surface area contributed by atoms with E-state index in [-0.39, 0.29) is 23.5 Å². The van der Waals surface area contributed by atoms with Crippen molar-refractivity contribution in [3.05, 3.63) is 23.8 Å². The van der Waals surface area contributed by atoms with Crippen LogP contribution in [0.25, 0.3) is 0 Å². The topological polar surface area (TPSA) is 61.3 Å². The van der Waals surface area contributed by atoms with E-state index in [1.165, 1.54) is 6.07 Å². The quantitative estimate of drug-likeness (QED) is 0.567. The largest absolute Gasteiger partial charge is 0.573 e. The molecule has 0 aliphatic carbocycles. The van der Waals surface area contributed by atoms with Gasteiger partial charge in [-0.05, 0) is 18.2 Å². The van der Waals surface area contributed by atoms with Gasteiger partial charge in [0.2, 0.25) is 0 Å². The molecule has 0 saturated carbocycles. The zero-order valence-corrected chi connectivity index (χ0v) is 8.14. The third-order valence-electron chi connectivity index (χ3n) is 1.58. The molecule has 0 aliphatic heterocycles. The zero-order valence-electron chi connectivity index (χ0n) is 8.14. The summed E-state index contributed by atoms with van der Waals surface area (Å²) in [6, 6.07) is 3.53. The Morgan fingerprint density at radius 3 is 2.56 bits per heavy atom. The standard InChI is InChI=1S/C10H9F3N2O/c11-10(12,13)16-8-3-4-9(15)7(6-8)2-1-5-14/h3-4,6H,5,14-15H2. The van der Waals surface area contributed by atoms with Gasteiger partial charge in [-0.1, -0.05) is 11.8 Å². The van der Waals surface area contributed by atoms with Crippen LogP contribution in [0.15, 0.2) is 18.2 Å². The molecule has 0 fully saturated rings. The molecule has 86 valence electrons. The van der Waals surface area contributed by atoms with Crippen molar-refractivity contribution in [2.24, 2.45) is 5.73 Å². The predicted molar refractivity (Wildman–Crippen MR) is 53.5 cm³/mol. The van der Waals surface area contributed by atoms with Gasteiger partial charge in [0.05, 0.1) is 12.1 Å². The van der Waals surface area contributed by atoms with Gasteiger partial charge in [-0.3, -0.25) is 0 Å². The van der Waals surface area contributed by atoms with E-state index in [0.29, 0.717) is 0 Å². The molecule has 0 aliphatic rings. The molecule has 4 N–H and O–H groups in total. The van der Waals surface area contributed by atoms with Crippen LogP contribution < -0.4 is 16.2 Å². The van der Waals surface area contributed by atoms with Crippen molar-refractivity contribution in [3.8, 4) is 17.6 Å². The van der Waals surface area contributed by atoms with Crippen molar-refractivity contribution in [2.75, 3.05) is 12.3 Å². The number of hydrogen-bond donors (Lipinski definition) is 2. The van der Waals surface area contributed by atoms with Crippen molar-refractivity contribution in [1.29, 1.82) is 0 Å². The number of benzene rings is 1. The Labute approximate surface area is 90.2 Å². The smallest absolute Gasteiger partial charge is 0.406 e. The first-order valence-corrected chi connectivity index (χ1v) is 4.26. The fourth-order valence-corrected chi connectivity index (χ4v) is 0.987. The van der Waals surface area contributed by atoms with Crippen molar-refractivity contribution >= 4 is 5.69 Å². The summed E-state index contributed by atoms with van der Waals surface area (Å²) in [6.07, 6.45) is -4.73. The summed E-state index contributed by atoms with van der Waals surface area (Å²) >= 11 is 0. The SMILES string of the molecule is NCC#Cc1cc(OC(F)(F)F)ccc1N. The molecule has 0 saturated heterocycles. The van der Waals surface area contributed by atoms with Gasteiger partial charge in [0.15, 0.2) is 0 Å². The van der Waals surface area contributed by atoms with Gasteiger partial charge in [0.25, 0.3) is 0 Å². The molecule has 6 heteroatoms. The Morgan fingerprint density at radius 1 is 1.31 bits per heavy atom. The second-order valence-electron chi connectivity index (χ2n) is 2.80. The van der Waals surface area contributed by atoms with Gasteiger partial charge >= 0.3 is 6.36 Å². The van der Waals surface area contributed by atoms with E-state index in [2.05, 4.69) is 16.6 Å². The summed E-state index contributed by atoms with van der Waals surface area (Å²) < 4.78 is 39.5. The van der Waals surface area contributed by atoms with Crippen LogP contribution in [0.4, 0.5) is 18.9 Å². The highest BCUT2D eigenvalue weighted by Gasteiger charge is 2.31. The predicted octanol–water partition coefficient (Wildman–Crippen LogP) is 1.48. The molecule has 0 heterocycles. The first-order valence-electron chi connectivity index (χ1n) is 4.26. The zero-order chi connectivity index (χ0) is 12.2. The number of anilines is 1. The highest BCUT2D eigenvalue weighted by molar-refractivity contribution is 5.58. The number of rotatable bonds is 1. The minimum Gasteiger partial charge on any atom is -0.406 e. The van der Waals surface area contributed by atoms with E-state index in [4.69, 9.17) is 11.5 Å². The van der Waals surface area contributed by atoms with E-state index >= 15 is 0 Å². The summed E-state index contributed by atoms with van der Waals surface area (Å²) in [6.45, 7) is 0.101. The first kappa shape index (κ1) is 12.2. The minimum absolute atomic E-state index is 0.101. The molecule has 3 nitrogen and oxygen atoms in total. The lowest BCUT2D eigenvalue weighted by Gasteiger charge is -2.09. The van der Waals surface area contributed by atoms with Crippen LogP contribution in [-0.2, 0) is 0 Å². The molecule has 1 aromatic carbocycles. The minimum atomic E-state index is -4.73. The second kappa shape index (κ2) is 4.77. The van der Waals surface area contributed by atoms with E-state index in [0.717, 1.165) is 12.1 Å². The number of halogens is 3. The van der Waals surface area contributed by atoms with Crippen molar-refractivity contribution < 1.29 is 17.9 Å². The highest BCUT2D eigenvalue weighted by atomic mass is 19.4. The van der Waals surface area contributed by atoms with Gasteiger partial charge < -0.3 is 16.2 Å². The number of nitrogens with two attached hydrogens (primary N) is 2. The lowest BCUT2D eigenvalue weighted by atomic mass is 10.2. The van der Waals surface area contributed by atoms with E-state index in [1.807, 2.05) is 0 Å². The molecule has 0 bridgehead atoms. The molecular weight excluding hydrogens is 221 g/mol. The van der Waals surface area contributed by atoms with Crippen LogP contribution in [0.2, 0.25) is 0 Å². The van der Waals surface area contributed by atoms with Crippen LogP contribution in [0, 0.1) is 11.8 Å². The summed E-state index contributed by atoms with van der Waals surface area (Å²) in [4.78, 5) is 0. The maximum Gasteiger partial charge on any atom is 0.573 e. The number of hydrogen-bond acceptors (Lipinski definition) is 3. The van der Waals surface area contributed by atoms with Crippen molar-refractivity contribution in [1.82, 2.24) is 0 Å². The monoisotopic (exact) mass is 230 g/mol. The molecule has 1 aromatic rings. The normalized spacial score (nSPS) is 10.5. The summed E-state index contributed by atoms with van der Waals surface area (Å²) in [5.41, 5.74) is 11.2. The lowest BCUT2D eigenvalue weighted by molar-refractivity contribution is -0.274. The van der Waals surface area contributed by atoms with Crippen LogP contribution in [0.3, 0.4) is 0 Å². The molecule has 0 aromatic heterocycles. The number of alkyl halides is 3. The maximum atomic E-state index is 11.9. The molecule has 0 spiro atoms. The average molecular weight is 230 g/mol. The van der Waals surface area contributed by atoms with Gasteiger partial charge in [0.1, 0.15) is 5.75 Å². The maximum absolute atomic E-state index is 11.9. The van der Waals surface area contributed by atoms with E-state index < -0.39 is 6.36 Å². The van der Waals surface area contributed by atoms with Gasteiger partial charge in [-0.15, -0.1) is 13.2 Å². The third kappa shape index (κ3) is 3.71. The molecular formula is C10H9F3N2O. The third-order valence-corrected chi connectivity index (χ3v) is 1.58. The first-order chi connectivity index (χ1) is 7.42. The summed E-state index contributed by atoms with van der Waals surface area (Å²) in [7, 11) is 0. The summed E-state index contributed by atoms with van der Waals surface area (Å²) in [5, 5.41) is 0. The number of nitrogen functional groups attached to an aromatic ring is 1. The molecule has 1 rings (SSSR count). The average Bonchev–Trinajstić information content (AvgIpc) is 2.17. The van der Waals surface area contributed by atoms with Gasteiger partial charge in [-0.25, -0.2) is 0 Å². The Balaban J connectivity index is 2.98.